The quantitative estimate of drug-likeness (QED) is 0.476. The Balaban J connectivity index is 3.66. The van der Waals surface area contributed by atoms with E-state index in [0.717, 1.165) is 32.1 Å². The molecule has 0 aliphatic carbocycles. The summed E-state index contributed by atoms with van der Waals surface area (Å²) < 4.78 is 15.5. The molecule has 0 aliphatic rings. The van der Waals surface area contributed by atoms with Gasteiger partial charge in [0.05, 0.1) is 0 Å². The average Bonchev–Trinajstić information content (AvgIpc) is 2.13. The van der Waals surface area contributed by atoms with E-state index in [4.69, 9.17) is 9.42 Å². The standard InChI is InChI=1S/C10H21O3P/c1-3-5-7-9-10(8-6-4-2)13-14(11)12/h10H,3-9H2,1-2H3/p+1. The molecule has 0 heterocycles. The molecule has 2 unspecified atom stereocenters. The van der Waals surface area contributed by atoms with E-state index in [0.29, 0.717) is 0 Å². The molecule has 0 aromatic rings. The van der Waals surface area contributed by atoms with Gasteiger partial charge < -0.3 is 0 Å². The van der Waals surface area contributed by atoms with Crippen molar-refractivity contribution < 1.29 is 14.0 Å². The molecule has 0 spiro atoms. The Kier molecular flexibility index (Phi) is 9.58. The fourth-order valence-electron chi connectivity index (χ4n) is 1.43. The van der Waals surface area contributed by atoms with E-state index in [1.54, 1.807) is 0 Å². The highest BCUT2D eigenvalue weighted by Gasteiger charge is 2.21. The molecule has 0 rings (SSSR count). The first-order valence-corrected chi connectivity index (χ1v) is 6.66. The van der Waals surface area contributed by atoms with Crippen molar-refractivity contribution in [2.45, 2.75) is 64.9 Å². The molecule has 84 valence electrons. The Morgan fingerprint density at radius 1 is 1.14 bits per heavy atom. The molecule has 14 heavy (non-hydrogen) atoms. The smallest absolute Gasteiger partial charge is 0.133 e. The first kappa shape index (κ1) is 14.0. The SMILES string of the molecule is CCCCCC(CCCC)O[P+](=O)O. The Morgan fingerprint density at radius 3 is 2.21 bits per heavy atom. The predicted octanol–water partition coefficient (Wildman–Crippen LogP) is 3.79. The molecule has 0 fully saturated rings. The van der Waals surface area contributed by atoms with Gasteiger partial charge in [-0.2, -0.15) is 0 Å². The van der Waals surface area contributed by atoms with Crippen LogP contribution in [0.5, 0.6) is 0 Å². The maximum atomic E-state index is 10.5. The number of unbranched alkanes of at least 4 members (excludes halogenated alkanes) is 3. The molecule has 0 aromatic carbocycles. The lowest BCUT2D eigenvalue weighted by Gasteiger charge is -2.08. The monoisotopic (exact) mass is 221 g/mol. The highest BCUT2D eigenvalue weighted by molar-refractivity contribution is 7.32. The normalized spacial score (nSPS) is 14.1. The van der Waals surface area contributed by atoms with Crippen molar-refractivity contribution in [2.24, 2.45) is 0 Å². The molecular weight excluding hydrogens is 199 g/mol. The lowest BCUT2D eigenvalue weighted by atomic mass is 10.1. The van der Waals surface area contributed by atoms with Crippen LogP contribution in [0.15, 0.2) is 0 Å². The molecule has 1 N–H and O–H groups in total. The molecular formula is C10H22O3P+. The van der Waals surface area contributed by atoms with Gasteiger partial charge in [-0.25, -0.2) is 0 Å². The minimum absolute atomic E-state index is 0.0184. The minimum atomic E-state index is -2.43. The predicted molar refractivity (Wildman–Crippen MR) is 58.4 cm³/mol. The summed E-state index contributed by atoms with van der Waals surface area (Å²) in [7, 11) is -2.43. The van der Waals surface area contributed by atoms with Crippen molar-refractivity contribution >= 4 is 8.25 Å². The highest BCUT2D eigenvalue weighted by atomic mass is 31.1. The van der Waals surface area contributed by atoms with Crippen LogP contribution in [0, 0.1) is 0 Å². The van der Waals surface area contributed by atoms with Gasteiger partial charge in [0.25, 0.3) is 0 Å². The summed E-state index contributed by atoms with van der Waals surface area (Å²) in [5.74, 6) is 0. The summed E-state index contributed by atoms with van der Waals surface area (Å²) in [6.07, 6.45) is 7.41. The van der Waals surface area contributed by atoms with Gasteiger partial charge in [0.1, 0.15) is 6.10 Å². The maximum Gasteiger partial charge on any atom is 0.694 e. The van der Waals surface area contributed by atoms with Gasteiger partial charge in [0, 0.05) is 4.57 Å². The summed E-state index contributed by atoms with van der Waals surface area (Å²) in [4.78, 5) is 8.67. The minimum Gasteiger partial charge on any atom is -0.133 e. The largest absolute Gasteiger partial charge is 0.694 e. The van der Waals surface area contributed by atoms with Gasteiger partial charge in [0.15, 0.2) is 0 Å². The molecule has 0 saturated heterocycles. The van der Waals surface area contributed by atoms with Crippen LogP contribution < -0.4 is 0 Å². The zero-order valence-electron chi connectivity index (χ0n) is 9.24. The van der Waals surface area contributed by atoms with Crippen LogP contribution in [0.2, 0.25) is 0 Å². The average molecular weight is 221 g/mol. The molecule has 0 bridgehead atoms. The van der Waals surface area contributed by atoms with Crippen molar-refractivity contribution in [1.29, 1.82) is 0 Å². The van der Waals surface area contributed by atoms with Gasteiger partial charge in [-0.15, -0.1) is 9.42 Å². The Bertz CT molecular complexity index is 150. The zero-order chi connectivity index (χ0) is 10.8. The third-order valence-electron chi connectivity index (χ3n) is 2.25. The molecule has 0 radical (unpaired) electrons. The van der Waals surface area contributed by atoms with E-state index >= 15 is 0 Å². The Morgan fingerprint density at radius 2 is 1.71 bits per heavy atom. The lowest BCUT2D eigenvalue weighted by Crippen LogP contribution is -2.08. The number of hydrogen-bond donors (Lipinski definition) is 1. The highest BCUT2D eigenvalue weighted by Crippen LogP contribution is 2.24. The second kappa shape index (κ2) is 9.57. The first-order chi connectivity index (χ1) is 6.70. The van der Waals surface area contributed by atoms with E-state index in [9.17, 15) is 4.57 Å². The van der Waals surface area contributed by atoms with Crippen molar-refractivity contribution in [3.63, 3.8) is 0 Å². The summed E-state index contributed by atoms with van der Waals surface area (Å²) in [6.45, 7) is 4.26. The van der Waals surface area contributed by atoms with Gasteiger partial charge in [-0.05, 0) is 12.8 Å². The fourth-order valence-corrected chi connectivity index (χ4v) is 1.90. The van der Waals surface area contributed by atoms with E-state index in [-0.39, 0.29) is 6.10 Å². The van der Waals surface area contributed by atoms with Gasteiger partial charge in [0.2, 0.25) is 0 Å². The van der Waals surface area contributed by atoms with Crippen molar-refractivity contribution in [3.8, 4) is 0 Å². The lowest BCUT2D eigenvalue weighted by molar-refractivity contribution is 0.164. The second-order valence-corrected chi connectivity index (χ2v) is 4.29. The molecule has 4 heteroatoms. The van der Waals surface area contributed by atoms with Gasteiger partial charge >= 0.3 is 8.25 Å². The third kappa shape index (κ3) is 8.61. The van der Waals surface area contributed by atoms with E-state index < -0.39 is 8.25 Å². The number of rotatable bonds is 9. The van der Waals surface area contributed by atoms with Crippen molar-refractivity contribution in [3.05, 3.63) is 0 Å². The molecule has 0 aliphatic heterocycles. The summed E-state index contributed by atoms with van der Waals surface area (Å²) in [6, 6.07) is 0. The van der Waals surface area contributed by atoms with Gasteiger partial charge in [-0.1, -0.05) is 46.0 Å². The second-order valence-electron chi connectivity index (χ2n) is 3.60. The fraction of sp³-hybridized carbons (Fsp3) is 1.00. The van der Waals surface area contributed by atoms with Crippen LogP contribution in [-0.2, 0) is 9.09 Å². The van der Waals surface area contributed by atoms with Crippen LogP contribution in [0.3, 0.4) is 0 Å². The first-order valence-electron chi connectivity index (χ1n) is 5.53. The van der Waals surface area contributed by atoms with Crippen molar-refractivity contribution in [2.75, 3.05) is 0 Å². The summed E-state index contributed by atoms with van der Waals surface area (Å²) in [5, 5.41) is 0. The Hall–Kier alpha value is 0.0200. The van der Waals surface area contributed by atoms with Crippen molar-refractivity contribution in [1.82, 2.24) is 0 Å². The van der Waals surface area contributed by atoms with Crippen LogP contribution in [-0.4, -0.2) is 11.0 Å². The van der Waals surface area contributed by atoms with E-state index in [2.05, 4.69) is 13.8 Å². The molecule has 0 saturated carbocycles. The summed E-state index contributed by atoms with van der Waals surface area (Å²) in [5.41, 5.74) is 0. The van der Waals surface area contributed by atoms with E-state index in [1.165, 1.54) is 12.8 Å². The van der Waals surface area contributed by atoms with E-state index in [1.807, 2.05) is 0 Å². The molecule has 0 amide bonds. The summed E-state index contributed by atoms with van der Waals surface area (Å²) >= 11 is 0. The van der Waals surface area contributed by atoms with Gasteiger partial charge in [-0.3, -0.25) is 0 Å². The Labute approximate surface area is 87.8 Å². The van der Waals surface area contributed by atoms with Crippen LogP contribution >= 0.6 is 8.25 Å². The number of hydrogen-bond acceptors (Lipinski definition) is 2. The van der Waals surface area contributed by atoms with Crippen LogP contribution in [0.25, 0.3) is 0 Å². The van der Waals surface area contributed by atoms with Crippen LogP contribution in [0.1, 0.15) is 58.8 Å². The molecule has 3 nitrogen and oxygen atoms in total. The third-order valence-corrected chi connectivity index (χ3v) is 2.73. The topological polar surface area (TPSA) is 46.5 Å². The van der Waals surface area contributed by atoms with Crippen LogP contribution in [0.4, 0.5) is 0 Å². The zero-order valence-corrected chi connectivity index (χ0v) is 10.1. The molecule has 2 atom stereocenters. The maximum absolute atomic E-state index is 10.5. The molecule has 0 aromatic heterocycles.